The lowest BCUT2D eigenvalue weighted by Crippen LogP contribution is -2.61. The lowest BCUT2D eigenvalue weighted by molar-refractivity contribution is -0.123. The molecular formula is C18H21N5O3S2. The number of hydrogen-bond acceptors (Lipinski definition) is 5. The molecule has 3 rings (SSSR count). The maximum Gasteiger partial charge on any atom is 0.343 e. The Bertz CT molecular complexity index is 931. The smallest absolute Gasteiger partial charge is 0.339 e. The number of thiocarbonyl (C=S) groups is 1. The molecule has 148 valence electrons. The molecule has 2 aromatic carbocycles. The van der Waals surface area contributed by atoms with Crippen LogP contribution in [0.5, 0.6) is 0 Å². The maximum absolute atomic E-state index is 12.6. The molecule has 0 unspecified atom stereocenters. The first-order valence-electron chi connectivity index (χ1n) is 8.52. The van der Waals surface area contributed by atoms with Gasteiger partial charge in [-0.05, 0) is 25.3 Å². The minimum absolute atomic E-state index is 0.339. The summed E-state index contributed by atoms with van der Waals surface area (Å²) in [5.41, 5.74) is 3.28. The van der Waals surface area contributed by atoms with Crippen molar-refractivity contribution in [1.82, 2.24) is 20.8 Å². The molecule has 0 radical (unpaired) electrons. The number of fused-ring (bicyclic) bond motifs is 1. The SMILES string of the molecule is CNC(=O)N(O)[C@H]1N(NC(=O)Nc2cccc3ccccc23)C(=S)SC1(C)C. The van der Waals surface area contributed by atoms with E-state index >= 15 is 0 Å². The predicted molar refractivity (Wildman–Crippen MR) is 114 cm³/mol. The van der Waals surface area contributed by atoms with E-state index in [0.717, 1.165) is 10.8 Å². The van der Waals surface area contributed by atoms with E-state index < -0.39 is 23.0 Å². The van der Waals surface area contributed by atoms with Gasteiger partial charge in [-0.2, -0.15) is 5.06 Å². The third kappa shape index (κ3) is 3.84. The van der Waals surface area contributed by atoms with Crippen molar-refractivity contribution in [3.63, 3.8) is 0 Å². The van der Waals surface area contributed by atoms with Gasteiger partial charge in [-0.3, -0.25) is 5.21 Å². The Balaban J connectivity index is 1.81. The second-order valence-corrected chi connectivity index (χ2v) is 9.00. The van der Waals surface area contributed by atoms with Crippen LogP contribution in [0.2, 0.25) is 0 Å². The van der Waals surface area contributed by atoms with Crippen LogP contribution in [0.4, 0.5) is 15.3 Å². The van der Waals surface area contributed by atoms with E-state index in [2.05, 4.69) is 16.1 Å². The highest BCUT2D eigenvalue weighted by molar-refractivity contribution is 8.24. The first-order chi connectivity index (χ1) is 13.2. The van der Waals surface area contributed by atoms with Crippen molar-refractivity contribution in [2.45, 2.75) is 24.8 Å². The molecule has 2 aromatic rings. The van der Waals surface area contributed by atoms with Crippen molar-refractivity contribution in [3.05, 3.63) is 42.5 Å². The van der Waals surface area contributed by atoms with Crippen molar-refractivity contribution in [2.75, 3.05) is 12.4 Å². The molecule has 4 amide bonds. The Morgan fingerprint density at radius 3 is 2.61 bits per heavy atom. The van der Waals surface area contributed by atoms with E-state index in [4.69, 9.17) is 12.2 Å². The minimum atomic E-state index is -0.886. The van der Waals surface area contributed by atoms with Crippen molar-refractivity contribution in [1.29, 1.82) is 0 Å². The first kappa shape index (κ1) is 20.2. The van der Waals surface area contributed by atoms with Crippen LogP contribution < -0.4 is 16.1 Å². The zero-order chi connectivity index (χ0) is 20.5. The summed E-state index contributed by atoms with van der Waals surface area (Å²) < 4.78 is -0.309. The number of thioether (sulfide) groups is 1. The Hall–Kier alpha value is -2.56. The molecule has 4 N–H and O–H groups in total. The lowest BCUT2D eigenvalue weighted by Gasteiger charge is -2.36. The molecule has 1 fully saturated rings. The summed E-state index contributed by atoms with van der Waals surface area (Å²) in [7, 11) is 1.41. The van der Waals surface area contributed by atoms with E-state index in [1.165, 1.54) is 23.8 Å². The van der Waals surface area contributed by atoms with Gasteiger partial charge in [-0.15, -0.1) is 0 Å². The van der Waals surface area contributed by atoms with Crippen molar-refractivity contribution in [3.8, 4) is 0 Å². The Kier molecular flexibility index (Phi) is 5.64. The van der Waals surface area contributed by atoms with Crippen LogP contribution in [-0.4, -0.2) is 49.6 Å². The normalized spacial score (nSPS) is 18.1. The second kappa shape index (κ2) is 7.82. The van der Waals surface area contributed by atoms with Gasteiger partial charge in [0.05, 0.1) is 10.4 Å². The van der Waals surface area contributed by atoms with Crippen LogP contribution in [0, 0.1) is 0 Å². The molecule has 0 spiro atoms. The van der Waals surface area contributed by atoms with Gasteiger partial charge in [0.15, 0.2) is 10.5 Å². The number of urea groups is 2. The van der Waals surface area contributed by atoms with E-state index in [1.54, 1.807) is 6.07 Å². The number of nitrogens with zero attached hydrogens (tertiary/aromatic N) is 2. The molecule has 1 atom stereocenters. The Labute approximate surface area is 172 Å². The van der Waals surface area contributed by atoms with Crippen molar-refractivity contribution >= 4 is 56.8 Å². The van der Waals surface area contributed by atoms with E-state index in [0.29, 0.717) is 15.1 Å². The fourth-order valence-electron chi connectivity index (χ4n) is 3.07. The van der Waals surface area contributed by atoms with Crippen molar-refractivity contribution < 1.29 is 14.8 Å². The number of nitrogens with one attached hydrogen (secondary N) is 3. The topological polar surface area (TPSA) is 96.9 Å². The third-order valence-corrected chi connectivity index (χ3v) is 5.88. The van der Waals surface area contributed by atoms with Crippen LogP contribution in [0.25, 0.3) is 10.8 Å². The number of rotatable bonds is 3. The number of hydrogen-bond donors (Lipinski definition) is 4. The molecule has 0 aromatic heterocycles. The average Bonchev–Trinajstić information content (AvgIpc) is 2.88. The summed E-state index contributed by atoms with van der Waals surface area (Å²) in [4.78, 5) is 24.6. The van der Waals surface area contributed by atoms with Gasteiger partial charge < -0.3 is 10.6 Å². The third-order valence-electron chi connectivity index (χ3n) is 4.33. The molecule has 1 aliphatic rings. The van der Waals surface area contributed by atoms with Gasteiger partial charge in [0.25, 0.3) is 0 Å². The average molecular weight is 420 g/mol. The highest BCUT2D eigenvalue weighted by Gasteiger charge is 2.50. The number of anilines is 1. The summed E-state index contributed by atoms with van der Waals surface area (Å²) in [6.07, 6.45) is -0.886. The largest absolute Gasteiger partial charge is 0.343 e. The molecule has 1 heterocycles. The van der Waals surface area contributed by atoms with Gasteiger partial charge in [0.2, 0.25) is 0 Å². The number of hydrazine groups is 1. The molecule has 0 bridgehead atoms. The summed E-state index contributed by atoms with van der Waals surface area (Å²) in [5, 5.41) is 19.2. The number of amides is 4. The van der Waals surface area contributed by atoms with Crippen LogP contribution in [0.15, 0.2) is 42.5 Å². The van der Waals surface area contributed by atoms with Gasteiger partial charge in [0.1, 0.15) is 0 Å². The standard InChI is InChI=1S/C18H21N5O3S2/c1-18(2)14(23(26)16(25)19-3)22(17(27)28-18)21-15(24)20-13-10-6-8-11-7-4-5-9-12(11)13/h4-10,14,26H,1-3H3,(H,19,25)(H2,20,21,24)/t14-/m1/s1. The van der Waals surface area contributed by atoms with Crippen molar-refractivity contribution in [2.24, 2.45) is 0 Å². The molecule has 0 aliphatic carbocycles. The molecular weight excluding hydrogens is 398 g/mol. The first-order valence-corrected chi connectivity index (χ1v) is 9.74. The Morgan fingerprint density at radius 1 is 1.21 bits per heavy atom. The molecule has 8 nitrogen and oxygen atoms in total. The van der Waals surface area contributed by atoms with Crippen LogP contribution in [0.1, 0.15) is 13.8 Å². The van der Waals surface area contributed by atoms with E-state index in [1.807, 2.05) is 50.2 Å². The maximum atomic E-state index is 12.6. The lowest BCUT2D eigenvalue weighted by atomic mass is 10.1. The van der Waals surface area contributed by atoms with Crippen LogP contribution in [0.3, 0.4) is 0 Å². The van der Waals surface area contributed by atoms with Crippen LogP contribution in [-0.2, 0) is 0 Å². The highest BCUT2D eigenvalue weighted by Crippen LogP contribution is 2.41. The molecule has 1 aliphatic heterocycles. The zero-order valence-electron chi connectivity index (χ0n) is 15.6. The fraction of sp³-hybridized carbons (Fsp3) is 0.278. The highest BCUT2D eigenvalue weighted by atomic mass is 32.2. The van der Waals surface area contributed by atoms with Gasteiger partial charge in [-0.25, -0.2) is 20.0 Å². The van der Waals surface area contributed by atoms with Gasteiger partial charge in [-0.1, -0.05) is 60.4 Å². The second-order valence-electron chi connectivity index (χ2n) is 6.71. The number of hydroxylamine groups is 2. The van der Waals surface area contributed by atoms with E-state index in [-0.39, 0.29) is 0 Å². The Morgan fingerprint density at radius 2 is 1.89 bits per heavy atom. The summed E-state index contributed by atoms with van der Waals surface area (Å²) in [6.45, 7) is 3.65. The van der Waals surface area contributed by atoms with Gasteiger partial charge >= 0.3 is 12.1 Å². The molecule has 10 heteroatoms. The molecule has 1 saturated heterocycles. The fourth-order valence-corrected chi connectivity index (χ4v) is 4.86. The summed E-state index contributed by atoms with van der Waals surface area (Å²) in [5.74, 6) is 0. The number of carbonyl (C=O) groups excluding carboxylic acids is 2. The summed E-state index contributed by atoms with van der Waals surface area (Å²) in [6, 6.07) is 12.0. The zero-order valence-corrected chi connectivity index (χ0v) is 17.2. The summed E-state index contributed by atoms with van der Waals surface area (Å²) >= 11 is 6.62. The minimum Gasteiger partial charge on any atom is -0.339 e. The predicted octanol–water partition coefficient (Wildman–Crippen LogP) is 3.35. The quantitative estimate of drug-likeness (QED) is 0.346. The van der Waals surface area contributed by atoms with Gasteiger partial charge in [0, 0.05) is 12.4 Å². The molecule has 0 saturated carbocycles. The van der Waals surface area contributed by atoms with E-state index in [9.17, 15) is 14.8 Å². The van der Waals surface area contributed by atoms with Crippen LogP contribution >= 0.6 is 24.0 Å². The number of benzene rings is 2. The number of carbonyl (C=O) groups is 2. The molecule has 28 heavy (non-hydrogen) atoms. The monoisotopic (exact) mass is 419 g/mol.